The van der Waals surface area contributed by atoms with Gasteiger partial charge in [-0.15, -0.1) is 12.4 Å². The van der Waals surface area contributed by atoms with Gasteiger partial charge >= 0.3 is 0 Å². The highest BCUT2D eigenvalue weighted by Crippen LogP contribution is 2.06. The number of nitrogens with zero attached hydrogens (tertiary/aromatic N) is 2. The summed E-state index contributed by atoms with van der Waals surface area (Å²) in [5.74, 6) is 0. The summed E-state index contributed by atoms with van der Waals surface area (Å²) in [6.45, 7) is 3.23. The fourth-order valence-electron chi connectivity index (χ4n) is 1.58. The maximum absolute atomic E-state index is 11.9. The summed E-state index contributed by atoms with van der Waals surface area (Å²) < 4.78 is 26.3. The fraction of sp³-hybridized carbons (Fsp3) is 0.556. The van der Waals surface area contributed by atoms with Crippen LogP contribution >= 0.6 is 12.4 Å². The molecule has 1 aliphatic heterocycles. The summed E-state index contributed by atoms with van der Waals surface area (Å²) in [5.41, 5.74) is 0.639. The van der Waals surface area contributed by atoms with Gasteiger partial charge in [0.15, 0.2) is 0 Å². The predicted molar refractivity (Wildman–Crippen MR) is 65.6 cm³/mol. The smallest absolute Gasteiger partial charge is 0.276 e. The second-order valence-electron chi connectivity index (χ2n) is 3.79. The Morgan fingerprint density at radius 3 is 2.88 bits per heavy atom. The van der Waals surface area contributed by atoms with E-state index in [0.29, 0.717) is 12.2 Å². The maximum Gasteiger partial charge on any atom is 0.276 e. The number of hydrogen-bond donors (Lipinski definition) is 2. The Labute approximate surface area is 107 Å². The minimum atomic E-state index is -3.58. The van der Waals surface area contributed by atoms with Crippen LogP contribution in [0, 0.1) is 6.92 Å². The number of nitrogens with one attached hydrogen (secondary N) is 2. The number of hydrogen-bond acceptors (Lipinski definition) is 5. The van der Waals surface area contributed by atoms with E-state index in [-0.39, 0.29) is 23.6 Å². The molecule has 1 aliphatic rings. The summed E-state index contributed by atoms with van der Waals surface area (Å²) in [5, 5.41) is 2.94. The minimum absolute atomic E-state index is 0. The van der Waals surface area contributed by atoms with E-state index >= 15 is 0 Å². The lowest BCUT2D eigenvalue weighted by atomic mass is 10.3. The van der Waals surface area contributed by atoms with E-state index in [1.165, 1.54) is 6.20 Å². The van der Waals surface area contributed by atoms with Gasteiger partial charge in [-0.05, 0) is 26.0 Å². The Kier molecular flexibility index (Phi) is 4.81. The third-order valence-corrected chi connectivity index (χ3v) is 3.72. The number of halogens is 1. The molecule has 2 rings (SSSR count). The minimum Gasteiger partial charge on any atom is -0.315 e. The van der Waals surface area contributed by atoms with Crippen molar-refractivity contribution in [2.24, 2.45) is 0 Å². The van der Waals surface area contributed by atoms with Crippen molar-refractivity contribution in [2.75, 3.05) is 13.1 Å². The van der Waals surface area contributed by atoms with Crippen LogP contribution in [-0.4, -0.2) is 37.5 Å². The first-order chi connectivity index (χ1) is 7.58. The molecule has 0 aliphatic carbocycles. The second kappa shape index (κ2) is 5.72. The molecule has 8 heteroatoms. The zero-order chi connectivity index (χ0) is 11.6. The first-order valence-electron chi connectivity index (χ1n) is 5.10. The van der Waals surface area contributed by atoms with Crippen LogP contribution < -0.4 is 10.0 Å². The van der Waals surface area contributed by atoms with E-state index in [4.69, 9.17) is 0 Å². The molecular formula is C9H15ClN4O2S. The van der Waals surface area contributed by atoms with Crippen molar-refractivity contribution in [3.05, 3.63) is 18.0 Å². The molecule has 1 saturated heterocycles. The summed E-state index contributed by atoms with van der Waals surface area (Å²) in [6, 6.07) is 1.60. The first-order valence-corrected chi connectivity index (χ1v) is 6.59. The maximum atomic E-state index is 11.9. The van der Waals surface area contributed by atoms with Crippen LogP contribution in [0.5, 0.6) is 0 Å². The van der Waals surface area contributed by atoms with Gasteiger partial charge in [0.2, 0.25) is 0 Å². The van der Waals surface area contributed by atoms with E-state index in [9.17, 15) is 8.42 Å². The zero-order valence-electron chi connectivity index (χ0n) is 9.38. The lowest BCUT2D eigenvalue weighted by molar-refractivity contribution is 0.551. The van der Waals surface area contributed by atoms with Crippen molar-refractivity contribution in [1.82, 2.24) is 20.0 Å². The molecule has 0 saturated carbocycles. The highest BCUT2D eigenvalue weighted by Gasteiger charge is 2.24. The Hall–Kier alpha value is -0.760. The topological polar surface area (TPSA) is 84.0 Å². The Bertz CT molecular complexity index is 474. The van der Waals surface area contributed by atoms with E-state index in [0.717, 1.165) is 13.0 Å². The fourth-order valence-corrected chi connectivity index (χ4v) is 2.79. The standard InChI is InChI=1S/C9H14N4O2S.ClH/c1-7-2-5-11-9(12-7)16(14,15)13-8-3-4-10-6-8;/h2,5,8,10,13H,3-4,6H2,1H3;1H/t8-;/m0./s1. The average Bonchev–Trinajstić information content (AvgIpc) is 2.70. The molecule has 17 heavy (non-hydrogen) atoms. The molecule has 1 aromatic rings. The number of rotatable bonds is 3. The van der Waals surface area contributed by atoms with Gasteiger partial charge in [-0.25, -0.2) is 23.1 Å². The average molecular weight is 279 g/mol. The molecule has 0 unspecified atom stereocenters. The van der Waals surface area contributed by atoms with Crippen molar-refractivity contribution in [2.45, 2.75) is 24.5 Å². The van der Waals surface area contributed by atoms with Gasteiger partial charge in [-0.1, -0.05) is 0 Å². The van der Waals surface area contributed by atoms with E-state index < -0.39 is 10.0 Å². The molecule has 0 amide bonds. The van der Waals surface area contributed by atoms with Crippen LogP contribution in [0.1, 0.15) is 12.1 Å². The summed E-state index contributed by atoms with van der Waals surface area (Å²) in [7, 11) is -3.58. The molecular weight excluding hydrogens is 264 g/mol. The van der Waals surface area contributed by atoms with Gasteiger partial charge in [0.25, 0.3) is 15.2 Å². The Morgan fingerprint density at radius 1 is 1.53 bits per heavy atom. The van der Waals surface area contributed by atoms with Crippen molar-refractivity contribution in [3.63, 3.8) is 0 Å². The van der Waals surface area contributed by atoms with Gasteiger partial charge in [0.1, 0.15) is 0 Å². The normalized spacial score (nSPS) is 19.9. The Balaban J connectivity index is 0.00000144. The molecule has 2 heterocycles. The highest BCUT2D eigenvalue weighted by molar-refractivity contribution is 7.89. The molecule has 0 radical (unpaired) electrons. The van der Waals surface area contributed by atoms with Crippen molar-refractivity contribution in [3.8, 4) is 0 Å². The third kappa shape index (κ3) is 3.60. The van der Waals surface area contributed by atoms with Crippen LogP contribution in [0.3, 0.4) is 0 Å². The van der Waals surface area contributed by atoms with Gasteiger partial charge in [-0.3, -0.25) is 0 Å². The van der Waals surface area contributed by atoms with Gasteiger partial charge in [0.05, 0.1) is 0 Å². The molecule has 0 bridgehead atoms. The number of aryl methyl sites for hydroxylation is 1. The molecule has 1 aromatic heterocycles. The third-order valence-electron chi connectivity index (χ3n) is 2.40. The largest absolute Gasteiger partial charge is 0.315 e. The molecule has 96 valence electrons. The van der Waals surface area contributed by atoms with E-state index in [1.54, 1.807) is 13.0 Å². The summed E-state index contributed by atoms with van der Waals surface area (Å²) in [6.07, 6.45) is 2.24. The second-order valence-corrected chi connectivity index (χ2v) is 5.40. The van der Waals surface area contributed by atoms with Crippen LogP contribution in [-0.2, 0) is 10.0 Å². The quantitative estimate of drug-likeness (QED) is 0.751. The van der Waals surface area contributed by atoms with Crippen LogP contribution in [0.4, 0.5) is 0 Å². The van der Waals surface area contributed by atoms with Gasteiger partial charge in [-0.2, -0.15) is 0 Å². The highest BCUT2D eigenvalue weighted by atomic mass is 35.5. The molecule has 1 atom stereocenters. The summed E-state index contributed by atoms with van der Waals surface area (Å²) >= 11 is 0. The van der Waals surface area contributed by atoms with Crippen molar-refractivity contribution in [1.29, 1.82) is 0 Å². The lowest BCUT2D eigenvalue weighted by Gasteiger charge is -2.10. The first kappa shape index (κ1) is 14.3. The van der Waals surface area contributed by atoms with E-state index in [1.807, 2.05) is 0 Å². The van der Waals surface area contributed by atoms with Crippen LogP contribution in [0.15, 0.2) is 17.4 Å². The monoisotopic (exact) mass is 278 g/mol. The molecule has 6 nitrogen and oxygen atoms in total. The number of aromatic nitrogens is 2. The van der Waals surface area contributed by atoms with Gasteiger partial charge < -0.3 is 5.32 Å². The van der Waals surface area contributed by atoms with Crippen LogP contribution in [0.2, 0.25) is 0 Å². The molecule has 2 N–H and O–H groups in total. The molecule has 0 aromatic carbocycles. The molecule has 0 spiro atoms. The van der Waals surface area contributed by atoms with E-state index in [2.05, 4.69) is 20.0 Å². The lowest BCUT2D eigenvalue weighted by Crippen LogP contribution is -2.37. The zero-order valence-corrected chi connectivity index (χ0v) is 11.0. The van der Waals surface area contributed by atoms with Crippen LogP contribution in [0.25, 0.3) is 0 Å². The SMILES string of the molecule is Cc1ccnc(S(=O)(=O)N[C@H]2CCNC2)n1.Cl. The van der Waals surface area contributed by atoms with Crippen molar-refractivity contribution < 1.29 is 8.42 Å². The van der Waals surface area contributed by atoms with Gasteiger partial charge in [0, 0.05) is 24.5 Å². The number of sulfonamides is 1. The predicted octanol–water partition coefficient (Wildman–Crippen LogP) is -0.153. The summed E-state index contributed by atoms with van der Waals surface area (Å²) in [4.78, 5) is 7.68. The molecule has 1 fully saturated rings. The van der Waals surface area contributed by atoms with Crippen molar-refractivity contribution >= 4 is 22.4 Å². The Morgan fingerprint density at radius 2 is 2.29 bits per heavy atom.